The lowest BCUT2D eigenvalue weighted by atomic mass is 10.1. The molecule has 0 bridgehead atoms. The molecule has 0 aliphatic heterocycles. The number of aryl methyl sites for hydroxylation is 2. The molecule has 0 aliphatic rings. The Morgan fingerprint density at radius 3 is 2.44 bits per heavy atom. The van der Waals surface area contributed by atoms with E-state index in [-0.39, 0.29) is 0 Å². The molecule has 32 heavy (non-hydrogen) atoms. The molecule has 164 valence electrons. The smallest absolute Gasteiger partial charge is 0.191 e. The van der Waals surface area contributed by atoms with Crippen LogP contribution in [0.25, 0.3) is 5.69 Å². The average molecular weight is 428 g/mol. The van der Waals surface area contributed by atoms with Gasteiger partial charge < -0.3 is 10.6 Å². The topological polar surface area (TPSA) is 72.1 Å². The molecule has 0 saturated heterocycles. The minimum atomic E-state index is 0.640. The van der Waals surface area contributed by atoms with Crippen LogP contribution < -0.4 is 10.6 Å². The first kappa shape index (κ1) is 21.4. The molecule has 2 aromatic carbocycles. The SMILES string of the molecule is CN=C(NCc1cnn(Cc2ccccc2)c1)NCc1ccccc1-n1nc(C)cc1C. The predicted molar refractivity (Wildman–Crippen MR) is 128 cm³/mol. The summed E-state index contributed by atoms with van der Waals surface area (Å²) in [5.41, 5.74) is 6.68. The molecular weight excluding hydrogens is 398 g/mol. The second-order valence-electron chi connectivity index (χ2n) is 7.78. The number of hydrogen-bond donors (Lipinski definition) is 2. The van der Waals surface area contributed by atoms with E-state index in [2.05, 4.69) is 69.3 Å². The van der Waals surface area contributed by atoms with E-state index in [0.29, 0.717) is 13.1 Å². The second kappa shape index (κ2) is 9.96. The van der Waals surface area contributed by atoms with Crippen molar-refractivity contribution in [3.63, 3.8) is 0 Å². The van der Waals surface area contributed by atoms with Gasteiger partial charge in [-0.2, -0.15) is 10.2 Å². The van der Waals surface area contributed by atoms with E-state index in [1.807, 2.05) is 52.8 Å². The highest BCUT2D eigenvalue weighted by molar-refractivity contribution is 5.79. The Kier molecular flexibility index (Phi) is 6.65. The Labute approximate surface area is 188 Å². The fourth-order valence-corrected chi connectivity index (χ4v) is 3.68. The molecule has 0 radical (unpaired) electrons. The number of benzene rings is 2. The molecule has 0 amide bonds. The third-order valence-electron chi connectivity index (χ3n) is 5.23. The Morgan fingerprint density at radius 2 is 1.69 bits per heavy atom. The monoisotopic (exact) mass is 427 g/mol. The van der Waals surface area contributed by atoms with Crippen molar-refractivity contribution in [2.45, 2.75) is 33.5 Å². The first-order chi connectivity index (χ1) is 15.6. The lowest BCUT2D eigenvalue weighted by molar-refractivity contribution is 0.685. The van der Waals surface area contributed by atoms with E-state index in [1.165, 1.54) is 5.56 Å². The fourth-order valence-electron chi connectivity index (χ4n) is 3.68. The number of guanidine groups is 1. The van der Waals surface area contributed by atoms with Crippen LogP contribution in [-0.2, 0) is 19.6 Å². The summed E-state index contributed by atoms with van der Waals surface area (Å²) in [6.07, 6.45) is 3.95. The number of rotatable bonds is 7. The molecule has 2 aromatic heterocycles. The quantitative estimate of drug-likeness (QED) is 0.349. The van der Waals surface area contributed by atoms with Gasteiger partial charge in [0, 0.05) is 37.6 Å². The van der Waals surface area contributed by atoms with Gasteiger partial charge >= 0.3 is 0 Å². The maximum atomic E-state index is 4.63. The standard InChI is InChI=1S/C25H29N7/c1-19-13-20(2)32(30-19)24-12-8-7-11-23(24)16-28-25(26-3)27-14-22-15-29-31(18-22)17-21-9-5-4-6-10-21/h4-13,15,18H,14,16-17H2,1-3H3,(H2,26,27,28). The van der Waals surface area contributed by atoms with Gasteiger partial charge in [0.2, 0.25) is 0 Å². The number of aliphatic imine (C=N–C) groups is 1. The maximum Gasteiger partial charge on any atom is 0.191 e. The Morgan fingerprint density at radius 1 is 0.938 bits per heavy atom. The first-order valence-corrected chi connectivity index (χ1v) is 10.7. The highest BCUT2D eigenvalue weighted by Gasteiger charge is 2.09. The van der Waals surface area contributed by atoms with Crippen LogP contribution in [0, 0.1) is 13.8 Å². The van der Waals surface area contributed by atoms with Crippen LogP contribution in [0.1, 0.15) is 28.1 Å². The van der Waals surface area contributed by atoms with Gasteiger partial charge in [-0.15, -0.1) is 0 Å². The molecule has 0 unspecified atom stereocenters. The molecule has 7 heteroatoms. The summed E-state index contributed by atoms with van der Waals surface area (Å²) in [6, 6.07) is 20.7. The van der Waals surface area contributed by atoms with Crippen LogP contribution >= 0.6 is 0 Å². The van der Waals surface area contributed by atoms with Gasteiger partial charge in [-0.3, -0.25) is 9.67 Å². The molecule has 0 fully saturated rings. The van der Waals surface area contributed by atoms with Crippen molar-refractivity contribution in [2.24, 2.45) is 4.99 Å². The van der Waals surface area contributed by atoms with Gasteiger partial charge in [0.25, 0.3) is 0 Å². The van der Waals surface area contributed by atoms with Gasteiger partial charge in [0.05, 0.1) is 24.1 Å². The molecule has 0 atom stereocenters. The van der Waals surface area contributed by atoms with Crippen LogP contribution in [0.3, 0.4) is 0 Å². The Hall–Kier alpha value is -3.87. The van der Waals surface area contributed by atoms with Crippen LogP contribution in [-0.4, -0.2) is 32.6 Å². The van der Waals surface area contributed by atoms with Crippen molar-refractivity contribution in [2.75, 3.05) is 7.05 Å². The number of para-hydroxylation sites is 1. The largest absolute Gasteiger partial charge is 0.352 e. The van der Waals surface area contributed by atoms with Gasteiger partial charge in [0.15, 0.2) is 5.96 Å². The minimum Gasteiger partial charge on any atom is -0.352 e. The predicted octanol–water partition coefficient (Wildman–Crippen LogP) is 3.60. The van der Waals surface area contributed by atoms with Gasteiger partial charge in [-0.25, -0.2) is 4.68 Å². The zero-order valence-corrected chi connectivity index (χ0v) is 18.8. The average Bonchev–Trinajstić information content (AvgIpc) is 3.39. The van der Waals surface area contributed by atoms with Gasteiger partial charge in [-0.1, -0.05) is 48.5 Å². The normalized spacial score (nSPS) is 11.5. The lowest BCUT2D eigenvalue weighted by Gasteiger charge is -2.14. The van der Waals surface area contributed by atoms with Crippen molar-refractivity contribution in [1.82, 2.24) is 30.2 Å². The van der Waals surface area contributed by atoms with Crippen LogP contribution in [0.5, 0.6) is 0 Å². The summed E-state index contributed by atoms with van der Waals surface area (Å²) in [7, 11) is 1.78. The third-order valence-corrected chi connectivity index (χ3v) is 5.23. The zero-order valence-electron chi connectivity index (χ0n) is 18.8. The Balaban J connectivity index is 1.35. The van der Waals surface area contributed by atoms with E-state index in [9.17, 15) is 0 Å². The summed E-state index contributed by atoms with van der Waals surface area (Å²) in [6.45, 7) is 6.13. The van der Waals surface area contributed by atoms with Crippen molar-refractivity contribution in [3.05, 3.63) is 101 Å². The number of hydrogen-bond acceptors (Lipinski definition) is 3. The van der Waals surface area contributed by atoms with E-state index >= 15 is 0 Å². The Bertz CT molecular complexity index is 1190. The van der Waals surface area contributed by atoms with Crippen molar-refractivity contribution < 1.29 is 0 Å². The summed E-state index contributed by atoms with van der Waals surface area (Å²) in [5.74, 6) is 0.740. The lowest BCUT2D eigenvalue weighted by Crippen LogP contribution is -2.36. The molecule has 0 spiro atoms. The maximum absolute atomic E-state index is 4.63. The molecule has 0 aliphatic carbocycles. The zero-order chi connectivity index (χ0) is 22.3. The van der Waals surface area contributed by atoms with Crippen molar-refractivity contribution >= 4 is 5.96 Å². The van der Waals surface area contributed by atoms with Crippen LogP contribution in [0.4, 0.5) is 0 Å². The summed E-state index contributed by atoms with van der Waals surface area (Å²) in [4.78, 5) is 4.36. The highest BCUT2D eigenvalue weighted by Crippen LogP contribution is 2.17. The molecule has 4 aromatic rings. The molecule has 2 N–H and O–H groups in total. The van der Waals surface area contributed by atoms with E-state index in [0.717, 1.165) is 40.7 Å². The van der Waals surface area contributed by atoms with Gasteiger partial charge in [-0.05, 0) is 37.1 Å². The fraction of sp³-hybridized carbons (Fsp3) is 0.240. The molecular formula is C25H29N7. The third kappa shape index (κ3) is 5.24. The summed E-state index contributed by atoms with van der Waals surface area (Å²) >= 11 is 0. The summed E-state index contributed by atoms with van der Waals surface area (Å²) in [5, 5.41) is 15.9. The van der Waals surface area contributed by atoms with E-state index in [4.69, 9.17) is 0 Å². The van der Waals surface area contributed by atoms with E-state index < -0.39 is 0 Å². The molecule has 7 nitrogen and oxygen atoms in total. The van der Waals surface area contributed by atoms with Crippen LogP contribution in [0.15, 0.2) is 78.0 Å². The van der Waals surface area contributed by atoms with E-state index in [1.54, 1.807) is 7.05 Å². The molecule has 4 rings (SSSR count). The van der Waals surface area contributed by atoms with Crippen molar-refractivity contribution in [3.8, 4) is 5.69 Å². The van der Waals surface area contributed by atoms with Gasteiger partial charge in [0.1, 0.15) is 0 Å². The number of aromatic nitrogens is 4. The summed E-state index contributed by atoms with van der Waals surface area (Å²) < 4.78 is 3.94. The molecule has 2 heterocycles. The number of nitrogens with one attached hydrogen (secondary N) is 2. The first-order valence-electron chi connectivity index (χ1n) is 10.7. The number of nitrogens with zero attached hydrogens (tertiary/aromatic N) is 5. The van der Waals surface area contributed by atoms with Crippen LogP contribution in [0.2, 0.25) is 0 Å². The second-order valence-corrected chi connectivity index (χ2v) is 7.78. The minimum absolute atomic E-state index is 0.640. The molecule has 0 saturated carbocycles. The highest BCUT2D eigenvalue weighted by atomic mass is 15.3. The van der Waals surface area contributed by atoms with Crippen molar-refractivity contribution in [1.29, 1.82) is 0 Å².